The third-order valence-corrected chi connectivity index (χ3v) is 1.40. The highest BCUT2D eigenvalue weighted by atomic mass is 35.5. The van der Waals surface area contributed by atoms with Gasteiger partial charge in [0.15, 0.2) is 0 Å². The zero-order chi connectivity index (χ0) is 10.6. The van der Waals surface area contributed by atoms with Crippen LogP contribution in [0.4, 0.5) is 5.82 Å². The number of aliphatic carboxylic acids is 1. The molecule has 0 aromatic carbocycles. The van der Waals surface area contributed by atoms with Gasteiger partial charge in [-0.3, -0.25) is 0 Å². The molecule has 0 amide bonds. The molecule has 0 bridgehead atoms. The summed E-state index contributed by atoms with van der Waals surface area (Å²) in [6.07, 6.45) is 0. The smallest absolute Gasteiger partial charge is 0.360 e. The van der Waals surface area contributed by atoms with E-state index in [-0.39, 0.29) is 29.6 Å². The Balaban J connectivity index is 0.00000196. The summed E-state index contributed by atoms with van der Waals surface area (Å²) in [4.78, 5) is 18.9. The average molecular weight is 232 g/mol. The van der Waals surface area contributed by atoms with Gasteiger partial charge in [0, 0.05) is 0 Å². The van der Waals surface area contributed by atoms with E-state index in [1.54, 1.807) is 12.1 Å². The van der Waals surface area contributed by atoms with E-state index in [0.717, 1.165) is 0 Å². The molecule has 1 rings (SSSR count). The van der Waals surface area contributed by atoms with Crippen molar-refractivity contribution in [1.29, 1.82) is 0 Å². The van der Waals surface area contributed by atoms with Crippen molar-refractivity contribution < 1.29 is 14.7 Å². The van der Waals surface area contributed by atoms with Crippen molar-refractivity contribution >= 4 is 29.9 Å². The summed E-state index contributed by atoms with van der Waals surface area (Å²) in [7, 11) is 1.26. The van der Waals surface area contributed by atoms with Crippen molar-refractivity contribution in [3.05, 3.63) is 23.9 Å². The van der Waals surface area contributed by atoms with Crippen molar-refractivity contribution in [3.63, 3.8) is 0 Å². The Labute approximate surface area is 92.2 Å². The topological polar surface area (TPSA) is 97.8 Å². The third kappa shape index (κ3) is 3.43. The minimum absolute atomic E-state index is 0. The molecule has 1 aromatic heterocycles. The fraction of sp³-hybridized carbons (Fsp3) is 0.125. The second-order valence-corrected chi connectivity index (χ2v) is 2.38. The Morgan fingerprint density at radius 2 is 2.27 bits per heavy atom. The number of nitrogens with two attached hydrogens (primary N) is 1. The second-order valence-electron chi connectivity index (χ2n) is 2.38. The summed E-state index contributed by atoms with van der Waals surface area (Å²) >= 11 is 0. The van der Waals surface area contributed by atoms with Crippen molar-refractivity contribution in [3.8, 4) is 0 Å². The summed E-state index contributed by atoms with van der Waals surface area (Å²) in [5.74, 6) is -0.988. The maximum atomic E-state index is 10.7. The van der Waals surface area contributed by atoms with Crippen LogP contribution in [0.5, 0.6) is 0 Å². The maximum absolute atomic E-state index is 10.7. The van der Waals surface area contributed by atoms with E-state index < -0.39 is 5.97 Å². The molecule has 7 heteroatoms. The second kappa shape index (κ2) is 5.82. The number of aromatic nitrogens is 1. The van der Waals surface area contributed by atoms with Gasteiger partial charge in [0.05, 0.1) is 0 Å². The molecule has 3 N–H and O–H groups in total. The van der Waals surface area contributed by atoms with Crippen LogP contribution in [0.2, 0.25) is 0 Å². The van der Waals surface area contributed by atoms with Crippen molar-refractivity contribution in [2.45, 2.75) is 0 Å². The van der Waals surface area contributed by atoms with E-state index >= 15 is 0 Å². The molecule has 0 aliphatic rings. The molecule has 0 atom stereocenters. The molecule has 0 unspecified atom stereocenters. The van der Waals surface area contributed by atoms with Crippen LogP contribution in [0, 0.1) is 0 Å². The standard InChI is InChI=1S/C8H9N3O3.ClH/c1-14-11-7(8(12)13)5-3-2-4-6(9)10-5;/h2-4H,1H3,(H2,9,10)(H,12,13);1H/b11-7-;. The van der Waals surface area contributed by atoms with Crippen LogP contribution in [-0.2, 0) is 9.63 Å². The quantitative estimate of drug-likeness (QED) is 0.584. The third-order valence-electron chi connectivity index (χ3n) is 1.40. The number of nitrogens with zero attached hydrogens (tertiary/aromatic N) is 2. The summed E-state index contributed by atoms with van der Waals surface area (Å²) in [5, 5.41) is 12.1. The molecular weight excluding hydrogens is 222 g/mol. The van der Waals surface area contributed by atoms with Gasteiger partial charge in [-0.1, -0.05) is 11.2 Å². The van der Waals surface area contributed by atoms with Crippen molar-refractivity contribution in [2.24, 2.45) is 5.16 Å². The van der Waals surface area contributed by atoms with Crippen LogP contribution in [0.1, 0.15) is 5.69 Å². The van der Waals surface area contributed by atoms with Gasteiger partial charge in [0.2, 0.25) is 5.71 Å². The van der Waals surface area contributed by atoms with Gasteiger partial charge in [0.1, 0.15) is 18.6 Å². The molecule has 0 spiro atoms. The van der Waals surface area contributed by atoms with E-state index in [2.05, 4.69) is 15.0 Å². The van der Waals surface area contributed by atoms with E-state index in [1.165, 1.54) is 13.2 Å². The number of carbonyl (C=O) groups is 1. The highest BCUT2D eigenvalue weighted by Crippen LogP contribution is 2.02. The molecule has 0 aliphatic heterocycles. The summed E-state index contributed by atoms with van der Waals surface area (Å²) in [6.45, 7) is 0. The van der Waals surface area contributed by atoms with Gasteiger partial charge < -0.3 is 15.7 Å². The first-order valence-electron chi connectivity index (χ1n) is 3.72. The van der Waals surface area contributed by atoms with Gasteiger partial charge in [-0.2, -0.15) is 0 Å². The number of anilines is 1. The number of hydrogen-bond donors (Lipinski definition) is 2. The van der Waals surface area contributed by atoms with Crippen LogP contribution >= 0.6 is 12.4 Å². The fourth-order valence-electron chi connectivity index (χ4n) is 0.870. The number of carboxylic acids is 1. The van der Waals surface area contributed by atoms with Crippen LogP contribution in [-0.4, -0.2) is 28.9 Å². The number of oxime groups is 1. The zero-order valence-corrected chi connectivity index (χ0v) is 8.69. The SMILES string of the molecule is CO/N=C(\C(=O)O)c1cccc(N)n1.Cl. The first kappa shape index (κ1) is 13.2. The fourth-order valence-corrected chi connectivity index (χ4v) is 0.870. The predicted octanol–water partition coefficient (Wildman–Crippen LogP) is 0.521. The number of halogens is 1. The van der Waals surface area contributed by atoms with Crippen LogP contribution < -0.4 is 5.73 Å². The Kier molecular flexibility index (Phi) is 5.11. The molecular formula is C8H10ClN3O3. The van der Waals surface area contributed by atoms with Crippen molar-refractivity contribution in [2.75, 3.05) is 12.8 Å². The highest BCUT2D eigenvalue weighted by molar-refractivity contribution is 6.41. The minimum atomic E-state index is -1.22. The number of hydrogen-bond acceptors (Lipinski definition) is 5. The maximum Gasteiger partial charge on any atom is 0.360 e. The van der Waals surface area contributed by atoms with Gasteiger partial charge >= 0.3 is 5.97 Å². The van der Waals surface area contributed by atoms with Gasteiger partial charge in [-0.15, -0.1) is 12.4 Å². The summed E-state index contributed by atoms with van der Waals surface area (Å²) in [6, 6.07) is 4.63. The molecule has 0 saturated carbocycles. The summed E-state index contributed by atoms with van der Waals surface area (Å²) < 4.78 is 0. The highest BCUT2D eigenvalue weighted by Gasteiger charge is 2.14. The molecule has 6 nitrogen and oxygen atoms in total. The lowest BCUT2D eigenvalue weighted by molar-refractivity contribution is -0.129. The van der Waals surface area contributed by atoms with E-state index in [4.69, 9.17) is 10.8 Å². The lowest BCUT2D eigenvalue weighted by Crippen LogP contribution is -2.16. The number of carboxylic acid groups (broad SMARTS) is 1. The molecule has 0 fully saturated rings. The molecule has 15 heavy (non-hydrogen) atoms. The van der Waals surface area contributed by atoms with Gasteiger partial charge in [-0.25, -0.2) is 9.78 Å². The molecule has 0 radical (unpaired) electrons. The molecule has 82 valence electrons. The molecule has 0 saturated heterocycles. The first-order chi connectivity index (χ1) is 6.65. The number of pyridine rings is 1. The van der Waals surface area contributed by atoms with E-state index in [0.29, 0.717) is 0 Å². The first-order valence-corrected chi connectivity index (χ1v) is 3.72. The van der Waals surface area contributed by atoms with Crippen LogP contribution in [0.3, 0.4) is 0 Å². The average Bonchev–Trinajstić information content (AvgIpc) is 2.13. The molecule has 0 aliphatic carbocycles. The van der Waals surface area contributed by atoms with E-state index in [1.807, 2.05) is 0 Å². The van der Waals surface area contributed by atoms with Crippen LogP contribution in [0.15, 0.2) is 23.4 Å². The van der Waals surface area contributed by atoms with Crippen LogP contribution in [0.25, 0.3) is 0 Å². The number of nitrogen functional groups attached to an aromatic ring is 1. The predicted molar refractivity (Wildman–Crippen MR) is 57.1 cm³/mol. The lowest BCUT2D eigenvalue weighted by atomic mass is 10.2. The Morgan fingerprint density at radius 1 is 1.60 bits per heavy atom. The van der Waals surface area contributed by atoms with Gasteiger partial charge in [-0.05, 0) is 12.1 Å². The Hall–Kier alpha value is -1.82. The lowest BCUT2D eigenvalue weighted by Gasteiger charge is -2.00. The minimum Gasteiger partial charge on any atom is -0.476 e. The Morgan fingerprint density at radius 3 is 2.73 bits per heavy atom. The normalized spacial score (nSPS) is 10.3. The zero-order valence-electron chi connectivity index (χ0n) is 7.88. The Bertz CT molecular complexity index is 381. The number of rotatable bonds is 3. The molecule has 1 heterocycles. The van der Waals surface area contributed by atoms with Crippen molar-refractivity contribution in [1.82, 2.24) is 4.98 Å². The van der Waals surface area contributed by atoms with Gasteiger partial charge in [0.25, 0.3) is 0 Å². The summed E-state index contributed by atoms with van der Waals surface area (Å²) in [5.41, 5.74) is 5.28. The molecule has 1 aromatic rings. The largest absolute Gasteiger partial charge is 0.476 e. The monoisotopic (exact) mass is 231 g/mol. The van der Waals surface area contributed by atoms with E-state index in [9.17, 15) is 4.79 Å².